The molecule has 21 heavy (non-hydrogen) atoms. The van der Waals surface area contributed by atoms with Crippen molar-refractivity contribution in [2.75, 3.05) is 29.9 Å². The molecule has 2 aromatic rings. The molecule has 2 heterocycles. The van der Waals surface area contributed by atoms with Gasteiger partial charge in [-0.2, -0.15) is 15.0 Å². The predicted molar refractivity (Wildman–Crippen MR) is 85.8 cm³/mol. The summed E-state index contributed by atoms with van der Waals surface area (Å²) in [7, 11) is 0. The summed E-state index contributed by atoms with van der Waals surface area (Å²) in [6.07, 6.45) is 1.68. The lowest BCUT2D eigenvalue weighted by Crippen LogP contribution is -2.25. The van der Waals surface area contributed by atoms with Gasteiger partial charge in [0.05, 0.1) is 12.0 Å². The Kier molecular flexibility index (Phi) is 5.86. The van der Waals surface area contributed by atoms with Gasteiger partial charge in [0.2, 0.25) is 11.9 Å². The van der Waals surface area contributed by atoms with Gasteiger partial charge in [-0.15, -0.1) is 0 Å². The second-order valence-corrected chi connectivity index (χ2v) is 5.25. The summed E-state index contributed by atoms with van der Waals surface area (Å²) >= 11 is 1.55. The Morgan fingerprint density at radius 3 is 2.62 bits per heavy atom. The summed E-state index contributed by atoms with van der Waals surface area (Å²) in [5, 5.41) is 3.87. The maximum Gasteiger partial charge on any atom is 0.231 e. The smallest absolute Gasteiger partial charge is 0.231 e. The highest BCUT2D eigenvalue weighted by atomic mass is 32.2. The predicted octanol–water partition coefficient (Wildman–Crippen LogP) is 3.03. The molecule has 2 aromatic heterocycles. The van der Waals surface area contributed by atoms with Gasteiger partial charge in [0.25, 0.3) is 0 Å². The third-order valence-electron chi connectivity index (χ3n) is 2.91. The van der Waals surface area contributed by atoms with E-state index < -0.39 is 0 Å². The molecule has 0 saturated heterocycles. The fraction of sp³-hybridized carbons (Fsp3) is 0.500. The molecule has 0 atom stereocenters. The number of hydrogen-bond acceptors (Lipinski definition) is 7. The van der Waals surface area contributed by atoms with Gasteiger partial charge in [-0.3, -0.25) is 0 Å². The zero-order chi connectivity index (χ0) is 15.1. The van der Waals surface area contributed by atoms with Crippen LogP contribution in [0.4, 0.5) is 11.9 Å². The van der Waals surface area contributed by atoms with Crippen LogP contribution >= 0.6 is 11.8 Å². The maximum absolute atomic E-state index is 5.33. The normalized spacial score (nSPS) is 10.6. The van der Waals surface area contributed by atoms with Crippen molar-refractivity contribution in [1.29, 1.82) is 0 Å². The largest absolute Gasteiger partial charge is 0.468 e. The van der Waals surface area contributed by atoms with Crippen LogP contribution in [0.15, 0.2) is 28.0 Å². The van der Waals surface area contributed by atoms with Crippen molar-refractivity contribution in [3.8, 4) is 0 Å². The Morgan fingerprint density at radius 1 is 1.19 bits per heavy atom. The molecule has 0 fully saturated rings. The highest BCUT2D eigenvalue weighted by molar-refractivity contribution is 7.98. The number of hydrogen-bond donors (Lipinski definition) is 1. The topological polar surface area (TPSA) is 67.1 Å². The Morgan fingerprint density at radius 2 is 2.00 bits per heavy atom. The molecule has 0 radical (unpaired) electrons. The van der Waals surface area contributed by atoms with Crippen LogP contribution in [-0.2, 0) is 5.75 Å². The average Bonchev–Trinajstić information content (AvgIpc) is 3.00. The van der Waals surface area contributed by atoms with Gasteiger partial charge in [0, 0.05) is 19.6 Å². The molecule has 0 spiro atoms. The fourth-order valence-corrected chi connectivity index (χ4v) is 2.56. The van der Waals surface area contributed by atoms with Crippen molar-refractivity contribution in [2.45, 2.75) is 31.7 Å². The van der Waals surface area contributed by atoms with Gasteiger partial charge >= 0.3 is 0 Å². The molecule has 2 rings (SSSR count). The van der Waals surface area contributed by atoms with Crippen LogP contribution in [0, 0.1) is 0 Å². The van der Waals surface area contributed by atoms with Crippen molar-refractivity contribution in [3.05, 3.63) is 24.2 Å². The molecular formula is C14H21N5OS. The van der Waals surface area contributed by atoms with E-state index in [2.05, 4.69) is 39.0 Å². The van der Waals surface area contributed by atoms with E-state index in [-0.39, 0.29) is 0 Å². The zero-order valence-corrected chi connectivity index (χ0v) is 13.5. The number of thioether (sulfide) groups is 1. The van der Waals surface area contributed by atoms with Gasteiger partial charge in [-0.1, -0.05) is 11.8 Å². The van der Waals surface area contributed by atoms with Crippen LogP contribution < -0.4 is 10.2 Å². The summed E-state index contributed by atoms with van der Waals surface area (Å²) in [6, 6.07) is 3.83. The van der Waals surface area contributed by atoms with E-state index in [9.17, 15) is 0 Å². The second kappa shape index (κ2) is 7.87. The van der Waals surface area contributed by atoms with E-state index in [0.29, 0.717) is 22.8 Å². The average molecular weight is 307 g/mol. The van der Waals surface area contributed by atoms with Crippen LogP contribution in [0.25, 0.3) is 0 Å². The third-order valence-corrected chi connectivity index (χ3v) is 3.78. The van der Waals surface area contributed by atoms with Gasteiger partial charge < -0.3 is 14.6 Å². The Hall–Kier alpha value is -1.76. The number of rotatable bonds is 8. The lowest BCUT2D eigenvalue weighted by molar-refractivity contribution is 0.530. The van der Waals surface area contributed by atoms with E-state index in [1.807, 2.05) is 19.1 Å². The Balaban J connectivity index is 2.18. The molecule has 0 bridgehead atoms. The minimum absolute atomic E-state index is 0.622. The van der Waals surface area contributed by atoms with Crippen molar-refractivity contribution in [2.24, 2.45) is 0 Å². The molecule has 0 aliphatic rings. The number of nitrogens with zero attached hydrogens (tertiary/aromatic N) is 4. The van der Waals surface area contributed by atoms with E-state index in [1.54, 1.807) is 18.0 Å². The summed E-state index contributed by atoms with van der Waals surface area (Å²) in [4.78, 5) is 15.6. The number of aromatic nitrogens is 3. The first kappa shape index (κ1) is 15.6. The summed E-state index contributed by atoms with van der Waals surface area (Å²) in [5.74, 6) is 2.96. The minimum Gasteiger partial charge on any atom is -0.468 e. The fourth-order valence-electron chi connectivity index (χ4n) is 1.83. The van der Waals surface area contributed by atoms with Crippen molar-refractivity contribution in [3.63, 3.8) is 0 Å². The lowest BCUT2D eigenvalue weighted by atomic mass is 10.5. The van der Waals surface area contributed by atoms with Gasteiger partial charge in [-0.25, -0.2) is 0 Å². The molecule has 1 N–H and O–H groups in total. The van der Waals surface area contributed by atoms with Crippen molar-refractivity contribution in [1.82, 2.24) is 15.0 Å². The SMILES string of the molecule is CCNc1nc(SCc2ccco2)nc(N(CC)CC)n1. The molecule has 7 heteroatoms. The first-order valence-electron chi connectivity index (χ1n) is 7.16. The molecular weight excluding hydrogens is 286 g/mol. The first-order valence-corrected chi connectivity index (χ1v) is 8.15. The van der Waals surface area contributed by atoms with Crippen LogP contribution in [0.1, 0.15) is 26.5 Å². The molecule has 6 nitrogen and oxygen atoms in total. The first-order chi connectivity index (χ1) is 10.3. The summed E-state index contributed by atoms with van der Waals surface area (Å²) in [6.45, 7) is 8.73. The highest BCUT2D eigenvalue weighted by Crippen LogP contribution is 2.22. The third kappa shape index (κ3) is 4.35. The quantitative estimate of drug-likeness (QED) is 0.752. The highest BCUT2D eigenvalue weighted by Gasteiger charge is 2.11. The second-order valence-electron chi connectivity index (χ2n) is 4.31. The van der Waals surface area contributed by atoms with E-state index in [0.717, 1.165) is 25.4 Å². The maximum atomic E-state index is 5.33. The standard InChI is InChI=1S/C14H21N5OS/c1-4-15-12-16-13(19(5-2)6-3)18-14(17-12)21-10-11-8-7-9-20-11/h7-9H,4-6,10H2,1-3H3,(H,15,16,17,18). The molecule has 0 aliphatic heterocycles. The zero-order valence-electron chi connectivity index (χ0n) is 12.7. The molecule has 0 unspecified atom stereocenters. The Labute approximate surface area is 129 Å². The van der Waals surface area contributed by atoms with E-state index in [1.165, 1.54) is 0 Å². The van der Waals surface area contributed by atoms with Crippen LogP contribution in [0.5, 0.6) is 0 Å². The van der Waals surface area contributed by atoms with Gasteiger partial charge in [0.15, 0.2) is 5.16 Å². The monoisotopic (exact) mass is 307 g/mol. The van der Waals surface area contributed by atoms with Gasteiger partial charge in [-0.05, 0) is 32.9 Å². The summed E-state index contributed by atoms with van der Waals surface area (Å²) < 4.78 is 5.33. The molecule has 0 aromatic carbocycles. The Bertz CT molecular complexity index is 542. The molecule has 0 saturated carbocycles. The van der Waals surface area contributed by atoms with Crippen LogP contribution in [0.2, 0.25) is 0 Å². The lowest BCUT2D eigenvalue weighted by Gasteiger charge is -2.19. The molecule has 0 amide bonds. The minimum atomic E-state index is 0.622. The van der Waals surface area contributed by atoms with Crippen LogP contribution in [0.3, 0.4) is 0 Å². The molecule has 114 valence electrons. The van der Waals surface area contributed by atoms with E-state index >= 15 is 0 Å². The molecule has 0 aliphatic carbocycles. The summed E-state index contributed by atoms with van der Waals surface area (Å²) in [5.41, 5.74) is 0. The van der Waals surface area contributed by atoms with Gasteiger partial charge in [0.1, 0.15) is 5.76 Å². The van der Waals surface area contributed by atoms with Crippen molar-refractivity contribution >= 4 is 23.7 Å². The van der Waals surface area contributed by atoms with Crippen LogP contribution in [-0.4, -0.2) is 34.6 Å². The van der Waals surface area contributed by atoms with E-state index in [4.69, 9.17) is 4.42 Å². The number of nitrogens with one attached hydrogen (secondary N) is 1. The van der Waals surface area contributed by atoms with Crippen molar-refractivity contribution < 1.29 is 4.42 Å². The number of anilines is 2. The number of furan rings is 1.